The van der Waals surface area contributed by atoms with Crippen molar-refractivity contribution in [2.75, 3.05) is 0 Å². The van der Waals surface area contributed by atoms with Crippen molar-refractivity contribution in [3.63, 3.8) is 0 Å². The van der Waals surface area contributed by atoms with Crippen molar-refractivity contribution in [3.05, 3.63) is 58.7 Å². The number of carbonyl (C=O) groups is 1. The number of benzene rings is 1. The van der Waals surface area contributed by atoms with Crippen LogP contribution in [-0.4, -0.2) is 21.0 Å². The summed E-state index contributed by atoms with van der Waals surface area (Å²) >= 11 is 0. The van der Waals surface area contributed by atoms with Crippen LogP contribution in [-0.2, 0) is 6.42 Å². The number of carboxylic acid groups (broad SMARTS) is 1. The molecule has 4 heteroatoms. The summed E-state index contributed by atoms with van der Waals surface area (Å²) in [5.41, 5.74) is 3.56. The van der Waals surface area contributed by atoms with Gasteiger partial charge in [0.2, 0.25) is 0 Å². The number of aromatic nitrogens is 2. The van der Waals surface area contributed by atoms with Crippen LogP contribution in [0.15, 0.2) is 30.5 Å². The number of aryl methyl sites for hydroxylation is 2. The average Bonchev–Trinajstić information content (AvgIpc) is 2.34. The maximum atomic E-state index is 10.8. The lowest BCUT2D eigenvalue weighted by Crippen LogP contribution is -2.05. The Labute approximate surface area is 105 Å². The number of carboxylic acids is 1. The zero-order chi connectivity index (χ0) is 13.1. The van der Waals surface area contributed by atoms with E-state index in [0.29, 0.717) is 12.2 Å². The van der Waals surface area contributed by atoms with Gasteiger partial charge in [-0.2, -0.15) is 0 Å². The molecule has 1 N–H and O–H groups in total. The minimum absolute atomic E-state index is 0.0313. The van der Waals surface area contributed by atoms with Crippen LogP contribution in [0.2, 0.25) is 0 Å². The lowest BCUT2D eigenvalue weighted by molar-refractivity contribution is 0.0690. The molecule has 1 heterocycles. The monoisotopic (exact) mass is 242 g/mol. The molecule has 2 aromatic rings. The molecule has 0 unspecified atom stereocenters. The molecule has 0 fully saturated rings. The summed E-state index contributed by atoms with van der Waals surface area (Å²) < 4.78 is 0. The molecule has 0 radical (unpaired) electrons. The largest absolute Gasteiger partial charge is 0.477 e. The van der Waals surface area contributed by atoms with Gasteiger partial charge in [-0.3, -0.25) is 0 Å². The van der Waals surface area contributed by atoms with E-state index in [0.717, 1.165) is 5.56 Å². The fourth-order valence-electron chi connectivity index (χ4n) is 1.70. The third kappa shape index (κ3) is 2.71. The summed E-state index contributed by atoms with van der Waals surface area (Å²) in [4.78, 5) is 18.9. The third-order valence-corrected chi connectivity index (χ3v) is 2.86. The molecule has 18 heavy (non-hydrogen) atoms. The van der Waals surface area contributed by atoms with Gasteiger partial charge in [0.05, 0.1) is 0 Å². The summed E-state index contributed by atoms with van der Waals surface area (Å²) in [5.74, 6) is -0.503. The maximum absolute atomic E-state index is 10.8. The van der Waals surface area contributed by atoms with Crippen molar-refractivity contribution in [2.45, 2.75) is 20.3 Å². The minimum Gasteiger partial charge on any atom is -0.477 e. The zero-order valence-electron chi connectivity index (χ0n) is 10.3. The van der Waals surface area contributed by atoms with E-state index in [1.54, 1.807) is 0 Å². The van der Waals surface area contributed by atoms with Gasteiger partial charge in [-0.05, 0) is 36.6 Å². The molecule has 1 aromatic heterocycles. The highest BCUT2D eigenvalue weighted by Gasteiger charge is 2.07. The molecular formula is C14H14N2O2. The molecule has 0 bridgehead atoms. The molecule has 0 saturated heterocycles. The van der Waals surface area contributed by atoms with Crippen LogP contribution in [0.4, 0.5) is 0 Å². The Hall–Kier alpha value is -2.23. The van der Waals surface area contributed by atoms with Gasteiger partial charge in [-0.25, -0.2) is 14.8 Å². The van der Waals surface area contributed by atoms with Gasteiger partial charge < -0.3 is 5.11 Å². The first kappa shape index (κ1) is 12.2. The Bertz CT molecular complexity index is 594. The smallest absolute Gasteiger partial charge is 0.354 e. The Morgan fingerprint density at radius 2 is 2.00 bits per heavy atom. The fraction of sp³-hybridized carbons (Fsp3) is 0.214. The van der Waals surface area contributed by atoms with Crippen LogP contribution in [0.25, 0.3) is 0 Å². The number of hydrogen-bond acceptors (Lipinski definition) is 3. The molecule has 92 valence electrons. The summed E-state index contributed by atoms with van der Waals surface area (Å²) in [6.45, 7) is 4.11. The van der Waals surface area contributed by atoms with Crippen molar-refractivity contribution in [1.82, 2.24) is 9.97 Å². The van der Waals surface area contributed by atoms with Crippen LogP contribution >= 0.6 is 0 Å². The quantitative estimate of drug-likeness (QED) is 0.897. The van der Waals surface area contributed by atoms with E-state index < -0.39 is 5.97 Å². The number of hydrogen-bond donors (Lipinski definition) is 1. The molecular weight excluding hydrogens is 228 g/mol. The van der Waals surface area contributed by atoms with E-state index in [1.165, 1.54) is 23.4 Å². The zero-order valence-corrected chi connectivity index (χ0v) is 10.3. The molecule has 4 nitrogen and oxygen atoms in total. The van der Waals surface area contributed by atoms with Crippen molar-refractivity contribution >= 4 is 5.97 Å². The SMILES string of the molecule is Cc1ccc(Cc2nccc(C(=O)O)n2)cc1C. The number of rotatable bonds is 3. The highest BCUT2D eigenvalue weighted by atomic mass is 16.4. The first-order valence-corrected chi connectivity index (χ1v) is 5.67. The highest BCUT2D eigenvalue weighted by molar-refractivity contribution is 5.85. The normalized spacial score (nSPS) is 10.3. The summed E-state index contributed by atoms with van der Waals surface area (Å²) in [6.07, 6.45) is 2.02. The maximum Gasteiger partial charge on any atom is 0.354 e. The van der Waals surface area contributed by atoms with Crippen LogP contribution < -0.4 is 0 Å². The second-order valence-corrected chi connectivity index (χ2v) is 4.26. The van der Waals surface area contributed by atoms with Gasteiger partial charge >= 0.3 is 5.97 Å². The molecule has 0 aliphatic rings. The van der Waals surface area contributed by atoms with Crippen LogP contribution in [0.3, 0.4) is 0 Å². The van der Waals surface area contributed by atoms with Gasteiger partial charge in [0.1, 0.15) is 5.82 Å². The van der Waals surface area contributed by atoms with E-state index in [1.807, 2.05) is 19.1 Å². The van der Waals surface area contributed by atoms with Crippen LogP contribution in [0.1, 0.15) is 33.0 Å². The summed E-state index contributed by atoms with van der Waals surface area (Å²) in [6, 6.07) is 7.53. The van der Waals surface area contributed by atoms with Gasteiger partial charge in [-0.15, -0.1) is 0 Å². The molecule has 0 spiro atoms. The molecule has 0 atom stereocenters. The molecule has 1 aromatic carbocycles. The molecule has 0 amide bonds. The predicted octanol–water partition coefficient (Wildman–Crippen LogP) is 2.38. The minimum atomic E-state index is -1.03. The Balaban J connectivity index is 2.25. The Morgan fingerprint density at radius 1 is 1.22 bits per heavy atom. The molecule has 0 aliphatic heterocycles. The van der Waals surface area contributed by atoms with E-state index in [4.69, 9.17) is 5.11 Å². The molecule has 0 aliphatic carbocycles. The first-order chi connectivity index (χ1) is 8.56. The number of nitrogens with zero attached hydrogens (tertiary/aromatic N) is 2. The topological polar surface area (TPSA) is 63.1 Å². The van der Waals surface area contributed by atoms with E-state index in [9.17, 15) is 4.79 Å². The lowest BCUT2D eigenvalue weighted by Gasteiger charge is -2.05. The van der Waals surface area contributed by atoms with Crippen molar-refractivity contribution in [1.29, 1.82) is 0 Å². The second-order valence-electron chi connectivity index (χ2n) is 4.26. The number of aromatic carboxylic acids is 1. The fourth-order valence-corrected chi connectivity index (χ4v) is 1.70. The Morgan fingerprint density at radius 3 is 2.67 bits per heavy atom. The van der Waals surface area contributed by atoms with E-state index in [2.05, 4.69) is 23.0 Å². The predicted molar refractivity (Wildman–Crippen MR) is 67.7 cm³/mol. The average molecular weight is 242 g/mol. The second kappa shape index (κ2) is 4.96. The third-order valence-electron chi connectivity index (χ3n) is 2.86. The van der Waals surface area contributed by atoms with Gasteiger partial charge in [0, 0.05) is 12.6 Å². The van der Waals surface area contributed by atoms with Crippen LogP contribution in [0.5, 0.6) is 0 Å². The Kier molecular flexibility index (Phi) is 3.37. The van der Waals surface area contributed by atoms with E-state index >= 15 is 0 Å². The lowest BCUT2D eigenvalue weighted by atomic mass is 10.0. The van der Waals surface area contributed by atoms with Gasteiger partial charge in [0.25, 0.3) is 0 Å². The van der Waals surface area contributed by atoms with Gasteiger partial charge in [-0.1, -0.05) is 18.2 Å². The highest BCUT2D eigenvalue weighted by Crippen LogP contribution is 2.12. The van der Waals surface area contributed by atoms with Crippen molar-refractivity contribution < 1.29 is 9.90 Å². The molecule has 2 rings (SSSR count). The first-order valence-electron chi connectivity index (χ1n) is 5.67. The standard InChI is InChI=1S/C14H14N2O2/c1-9-3-4-11(7-10(9)2)8-13-15-6-5-12(16-13)14(17)18/h3-7H,8H2,1-2H3,(H,17,18). The van der Waals surface area contributed by atoms with Crippen molar-refractivity contribution in [2.24, 2.45) is 0 Å². The van der Waals surface area contributed by atoms with Crippen LogP contribution in [0, 0.1) is 13.8 Å². The van der Waals surface area contributed by atoms with Gasteiger partial charge in [0.15, 0.2) is 5.69 Å². The van der Waals surface area contributed by atoms with Crippen molar-refractivity contribution in [3.8, 4) is 0 Å². The summed E-state index contributed by atoms with van der Waals surface area (Å²) in [5, 5.41) is 8.87. The molecule has 0 saturated carbocycles. The van der Waals surface area contributed by atoms with E-state index in [-0.39, 0.29) is 5.69 Å². The summed E-state index contributed by atoms with van der Waals surface area (Å²) in [7, 11) is 0.